The third-order valence-corrected chi connectivity index (χ3v) is 1.95. The summed E-state index contributed by atoms with van der Waals surface area (Å²) in [5, 5.41) is 10.3. The lowest BCUT2D eigenvalue weighted by atomic mass is 10.1. The molecule has 1 aromatic rings. The Hall–Kier alpha value is -1.64. The second-order valence-electron chi connectivity index (χ2n) is 3.18. The van der Waals surface area contributed by atoms with Gasteiger partial charge < -0.3 is 0 Å². The molecule has 0 heterocycles. The fourth-order valence-corrected chi connectivity index (χ4v) is 1.05. The van der Waals surface area contributed by atoms with Crippen LogP contribution in [0.4, 0.5) is 0 Å². The topological polar surface area (TPSA) is 43.1 Å². The first-order valence-electron chi connectivity index (χ1n) is 4.55. The van der Waals surface area contributed by atoms with Crippen molar-refractivity contribution in [2.24, 2.45) is 0 Å². The van der Waals surface area contributed by atoms with Crippen molar-refractivity contribution in [1.82, 2.24) is 0 Å². The van der Waals surface area contributed by atoms with Gasteiger partial charge in [0.15, 0.2) is 0 Å². The molecule has 1 rings (SSSR count). The van der Waals surface area contributed by atoms with Crippen molar-refractivity contribution in [3.63, 3.8) is 0 Å². The molecular weight excluding hydrogens is 178 g/mol. The summed E-state index contributed by atoms with van der Waals surface area (Å²) in [5.74, 6) is 0. The molecule has 14 heavy (non-hydrogen) atoms. The highest BCUT2D eigenvalue weighted by Gasteiger charge is 2.08. The van der Waals surface area contributed by atoms with Gasteiger partial charge >= 0.3 is 0 Å². The minimum atomic E-state index is -0.505. The molecule has 0 spiro atoms. The smallest absolute Gasteiger partial charge is 0.213 e. The summed E-state index contributed by atoms with van der Waals surface area (Å²) >= 11 is 0. The highest BCUT2D eigenvalue weighted by Crippen LogP contribution is 2.04. The number of nitrogens with zero attached hydrogens (tertiary/aromatic N) is 1. The van der Waals surface area contributed by atoms with Crippen LogP contribution in [0.15, 0.2) is 36.4 Å². The Kier molecular flexibility index (Phi) is 3.85. The number of nitro groups is 1. The molecule has 1 unspecified atom stereocenters. The molecule has 0 aliphatic carbocycles. The second kappa shape index (κ2) is 5.17. The third-order valence-electron chi connectivity index (χ3n) is 1.95. The van der Waals surface area contributed by atoms with Crippen LogP contribution >= 0.6 is 0 Å². The lowest BCUT2D eigenvalue weighted by molar-refractivity contribution is -0.517. The van der Waals surface area contributed by atoms with E-state index in [1.165, 1.54) is 0 Å². The van der Waals surface area contributed by atoms with Crippen molar-refractivity contribution in [3.05, 3.63) is 52.1 Å². The lowest BCUT2D eigenvalue weighted by Gasteiger charge is -1.97. The zero-order chi connectivity index (χ0) is 10.4. The molecule has 0 radical (unpaired) electrons. The van der Waals surface area contributed by atoms with Crippen LogP contribution < -0.4 is 0 Å². The Balaban J connectivity index is 2.46. The zero-order valence-corrected chi connectivity index (χ0v) is 8.09. The van der Waals surface area contributed by atoms with Crippen molar-refractivity contribution < 1.29 is 4.92 Å². The summed E-state index contributed by atoms with van der Waals surface area (Å²) in [5.41, 5.74) is 1.07. The van der Waals surface area contributed by atoms with Crippen LogP contribution in [-0.2, 0) is 0 Å². The van der Waals surface area contributed by atoms with Gasteiger partial charge in [0.1, 0.15) is 0 Å². The van der Waals surface area contributed by atoms with E-state index >= 15 is 0 Å². The van der Waals surface area contributed by atoms with Gasteiger partial charge in [-0.15, -0.1) is 0 Å². The average molecular weight is 191 g/mol. The fraction of sp³-hybridized carbons (Fsp3) is 0.273. The van der Waals surface area contributed by atoms with E-state index < -0.39 is 6.04 Å². The number of benzene rings is 1. The highest BCUT2D eigenvalue weighted by atomic mass is 16.6. The molecule has 74 valence electrons. The molecule has 3 heteroatoms. The zero-order valence-electron chi connectivity index (χ0n) is 8.09. The summed E-state index contributed by atoms with van der Waals surface area (Å²) in [6, 6.07) is 9.25. The van der Waals surface area contributed by atoms with E-state index in [0.717, 1.165) is 5.56 Å². The second-order valence-corrected chi connectivity index (χ2v) is 3.18. The fourth-order valence-electron chi connectivity index (χ4n) is 1.05. The first-order valence-corrected chi connectivity index (χ1v) is 4.55. The molecule has 1 aromatic carbocycles. The summed E-state index contributed by atoms with van der Waals surface area (Å²) in [6.45, 7) is 1.61. The Bertz CT molecular complexity index is 319. The standard InChI is InChI=1S/C11H13NO2/c1-10(12(13)14)6-5-9-11-7-3-2-4-8-11/h2-5,7-10H,6H2,1H3. The third kappa shape index (κ3) is 3.39. The minimum Gasteiger partial charge on any atom is -0.264 e. The van der Waals surface area contributed by atoms with Gasteiger partial charge in [-0.25, -0.2) is 0 Å². The SMILES string of the molecule is CC(CC=Cc1ccccc1)[N+](=O)[O-]. The van der Waals surface area contributed by atoms with E-state index in [2.05, 4.69) is 0 Å². The molecule has 0 aliphatic heterocycles. The van der Waals surface area contributed by atoms with Crippen molar-refractivity contribution in [1.29, 1.82) is 0 Å². The predicted molar refractivity (Wildman–Crippen MR) is 56.5 cm³/mol. The number of rotatable bonds is 4. The maximum atomic E-state index is 10.3. The molecule has 0 bridgehead atoms. The summed E-state index contributed by atoms with van der Waals surface area (Å²) in [4.78, 5) is 10.0. The Labute approximate surface area is 83.2 Å². The Morgan fingerprint density at radius 1 is 1.43 bits per heavy atom. The number of hydrogen-bond acceptors (Lipinski definition) is 2. The van der Waals surface area contributed by atoms with Gasteiger partial charge in [-0.1, -0.05) is 42.5 Å². The van der Waals surface area contributed by atoms with Crippen LogP contribution in [0, 0.1) is 10.1 Å². The molecule has 0 aromatic heterocycles. The Morgan fingerprint density at radius 2 is 2.07 bits per heavy atom. The van der Waals surface area contributed by atoms with Gasteiger partial charge in [0.05, 0.1) is 0 Å². The van der Waals surface area contributed by atoms with Gasteiger partial charge in [0.25, 0.3) is 0 Å². The summed E-state index contributed by atoms with van der Waals surface area (Å²) in [7, 11) is 0. The molecule has 0 fully saturated rings. The molecule has 0 aliphatic rings. The maximum absolute atomic E-state index is 10.3. The molecule has 0 amide bonds. The van der Waals surface area contributed by atoms with Crippen molar-refractivity contribution in [3.8, 4) is 0 Å². The first kappa shape index (κ1) is 10.4. The quantitative estimate of drug-likeness (QED) is 0.542. The van der Waals surface area contributed by atoms with Gasteiger partial charge in [0.2, 0.25) is 6.04 Å². The van der Waals surface area contributed by atoms with Gasteiger partial charge in [-0.2, -0.15) is 0 Å². The average Bonchev–Trinajstić information content (AvgIpc) is 2.19. The van der Waals surface area contributed by atoms with Crippen LogP contribution in [0.2, 0.25) is 0 Å². The van der Waals surface area contributed by atoms with Crippen molar-refractivity contribution in [2.75, 3.05) is 0 Å². The van der Waals surface area contributed by atoms with E-state index in [4.69, 9.17) is 0 Å². The number of hydrogen-bond donors (Lipinski definition) is 0. The van der Waals surface area contributed by atoms with Crippen molar-refractivity contribution in [2.45, 2.75) is 19.4 Å². The van der Waals surface area contributed by atoms with Gasteiger partial charge in [0, 0.05) is 18.3 Å². The van der Waals surface area contributed by atoms with Crippen LogP contribution in [0.1, 0.15) is 18.9 Å². The Morgan fingerprint density at radius 3 is 2.64 bits per heavy atom. The summed E-state index contributed by atoms with van der Waals surface area (Å²) in [6.07, 6.45) is 4.21. The summed E-state index contributed by atoms with van der Waals surface area (Å²) < 4.78 is 0. The lowest BCUT2D eigenvalue weighted by Crippen LogP contribution is -2.13. The molecule has 1 atom stereocenters. The minimum absolute atomic E-state index is 0.269. The monoisotopic (exact) mass is 191 g/mol. The molecular formula is C11H13NO2. The first-order chi connectivity index (χ1) is 6.70. The molecule has 3 nitrogen and oxygen atoms in total. The maximum Gasteiger partial charge on any atom is 0.213 e. The van der Waals surface area contributed by atoms with Gasteiger partial charge in [-0.3, -0.25) is 10.1 Å². The van der Waals surface area contributed by atoms with Crippen LogP contribution in [0.25, 0.3) is 6.08 Å². The predicted octanol–water partition coefficient (Wildman–Crippen LogP) is 2.76. The molecule has 0 saturated carbocycles. The van der Waals surface area contributed by atoms with Crippen molar-refractivity contribution >= 4 is 6.08 Å². The van der Waals surface area contributed by atoms with Crippen LogP contribution in [-0.4, -0.2) is 11.0 Å². The van der Waals surface area contributed by atoms with E-state index in [1.54, 1.807) is 6.92 Å². The van der Waals surface area contributed by atoms with Gasteiger partial charge in [-0.05, 0) is 5.56 Å². The van der Waals surface area contributed by atoms with E-state index in [0.29, 0.717) is 6.42 Å². The van der Waals surface area contributed by atoms with Crippen LogP contribution in [0.3, 0.4) is 0 Å². The normalized spacial score (nSPS) is 12.9. The van der Waals surface area contributed by atoms with E-state index in [-0.39, 0.29) is 4.92 Å². The molecule has 0 saturated heterocycles. The highest BCUT2D eigenvalue weighted by molar-refractivity contribution is 5.48. The molecule has 0 N–H and O–H groups in total. The largest absolute Gasteiger partial charge is 0.264 e. The van der Waals surface area contributed by atoms with E-state index in [1.807, 2.05) is 42.5 Å². The van der Waals surface area contributed by atoms with E-state index in [9.17, 15) is 10.1 Å². The van der Waals surface area contributed by atoms with Crippen LogP contribution in [0.5, 0.6) is 0 Å².